The summed E-state index contributed by atoms with van der Waals surface area (Å²) in [7, 11) is -3.45. The molecular formula is C16H15O9P. The normalized spacial score (nSPS) is 16.6. The second-order valence-corrected chi connectivity index (χ2v) is 6.73. The fraction of sp³-hybridized carbons (Fsp3) is 0.188. The summed E-state index contributed by atoms with van der Waals surface area (Å²) in [5.74, 6) is -1.23. The van der Waals surface area contributed by atoms with Crippen LogP contribution in [0.25, 0.3) is 0 Å². The number of fused-ring (bicyclic) bond motifs is 1. The van der Waals surface area contributed by atoms with E-state index < -0.39 is 25.5 Å². The van der Waals surface area contributed by atoms with E-state index in [1.807, 2.05) is 0 Å². The van der Waals surface area contributed by atoms with Crippen LogP contribution in [-0.2, 0) is 4.57 Å². The summed E-state index contributed by atoms with van der Waals surface area (Å²) in [4.78, 5) is 30.1. The van der Waals surface area contributed by atoms with Crippen LogP contribution in [0.2, 0.25) is 0 Å². The number of aromatic hydroxyl groups is 2. The average Bonchev–Trinajstić information content (AvgIpc) is 2.52. The van der Waals surface area contributed by atoms with E-state index in [0.29, 0.717) is 5.56 Å². The van der Waals surface area contributed by atoms with Crippen molar-refractivity contribution in [2.45, 2.75) is 12.5 Å². The monoisotopic (exact) mass is 382 g/mol. The molecule has 26 heavy (non-hydrogen) atoms. The van der Waals surface area contributed by atoms with Crippen LogP contribution in [0, 0.1) is 0 Å². The highest BCUT2D eigenvalue weighted by Crippen LogP contribution is 2.46. The maximum atomic E-state index is 12.4. The van der Waals surface area contributed by atoms with Crippen molar-refractivity contribution in [3.05, 3.63) is 41.5 Å². The molecule has 2 aromatic rings. The van der Waals surface area contributed by atoms with E-state index in [2.05, 4.69) is 4.52 Å². The molecule has 0 bridgehead atoms. The van der Waals surface area contributed by atoms with Crippen molar-refractivity contribution in [3.8, 4) is 28.7 Å². The zero-order valence-electron chi connectivity index (χ0n) is 13.4. The molecule has 3 rings (SSSR count). The highest BCUT2D eigenvalue weighted by atomic mass is 31.2. The minimum Gasteiger partial charge on any atom is -0.507 e. The highest BCUT2D eigenvalue weighted by Gasteiger charge is 2.32. The van der Waals surface area contributed by atoms with Gasteiger partial charge in [-0.25, -0.2) is 4.57 Å². The number of hydrogen-bond acceptors (Lipinski definition) is 7. The van der Waals surface area contributed by atoms with Crippen molar-refractivity contribution in [2.75, 3.05) is 7.11 Å². The van der Waals surface area contributed by atoms with Gasteiger partial charge in [0.25, 0.3) is 0 Å². The molecule has 0 unspecified atom stereocenters. The van der Waals surface area contributed by atoms with E-state index in [-0.39, 0.29) is 35.0 Å². The fourth-order valence-electron chi connectivity index (χ4n) is 2.70. The Hall–Kier alpha value is -2.74. The largest absolute Gasteiger partial charge is 0.524 e. The predicted octanol–water partition coefficient (Wildman–Crippen LogP) is 2.28. The van der Waals surface area contributed by atoms with Gasteiger partial charge in [-0.05, 0) is 17.7 Å². The third-order valence-corrected chi connectivity index (χ3v) is 4.22. The van der Waals surface area contributed by atoms with Crippen molar-refractivity contribution in [3.63, 3.8) is 0 Å². The SMILES string of the molecule is COc1ccc([C@@H]2CC(=O)c3c(O)cc(OP(=O)(O)O)cc3O2)cc1O. The van der Waals surface area contributed by atoms with E-state index >= 15 is 0 Å². The van der Waals surface area contributed by atoms with Gasteiger partial charge in [-0.2, -0.15) is 0 Å². The summed E-state index contributed by atoms with van der Waals surface area (Å²) < 4.78 is 26.1. The summed E-state index contributed by atoms with van der Waals surface area (Å²) >= 11 is 0. The fourth-order valence-corrected chi connectivity index (χ4v) is 3.08. The molecule has 0 radical (unpaired) electrons. The second kappa shape index (κ2) is 6.53. The maximum Gasteiger partial charge on any atom is 0.524 e. The molecule has 0 spiro atoms. The Morgan fingerprint density at radius 2 is 1.88 bits per heavy atom. The Morgan fingerprint density at radius 1 is 1.15 bits per heavy atom. The number of carbonyl (C=O) groups excluding carboxylic acids is 1. The molecule has 1 heterocycles. The molecular weight excluding hydrogens is 367 g/mol. The molecule has 2 aromatic carbocycles. The molecule has 10 heteroatoms. The van der Waals surface area contributed by atoms with E-state index in [0.717, 1.165) is 12.1 Å². The molecule has 0 amide bonds. The van der Waals surface area contributed by atoms with Crippen molar-refractivity contribution in [1.82, 2.24) is 0 Å². The van der Waals surface area contributed by atoms with Crippen LogP contribution in [0.5, 0.6) is 28.7 Å². The number of phosphoric acid groups is 1. The van der Waals surface area contributed by atoms with Gasteiger partial charge in [0.1, 0.15) is 28.9 Å². The van der Waals surface area contributed by atoms with Gasteiger partial charge in [0.05, 0.1) is 13.5 Å². The average molecular weight is 382 g/mol. The molecule has 0 fully saturated rings. The van der Waals surface area contributed by atoms with E-state index in [1.165, 1.54) is 19.2 Å². The predicted molar refractivity (Wildman–Crippen MR) is 87.8 cm³/mol. The molecule has 0 saturated heterocycles. The Bertz CT molecular complexity index is 918. The molecule has 138 valence electrons. The minimum atomic E-state index is -4.85. The first-order chi connectivity index (χ1) is 12.2. The lowest BCUT2D eigenvalue weighted by atomic mass is 9.95. The number of phosphoric ester groups is 1. The standard InChI is InChI=1S/C16H15O9P/c1-23-13-3-2-8(4-10(13)17)14-7-12(19)16-11(18)5-9(6-15(16)24-14)25-26(20,21)22/h2-6,14,17-18H,7H2,1H3,(H2,20,21,22)/t14-/m0/s1. The van der Waals surface area contributed by atoms with Crippen LogP contribution in [0.15, 0.2) is 30.3 Å². The van der Waals surface area contributed by atoms with E-state index in [1.54, 1.807) is 6.07 Å². The summed E-state index contributed by atoms with van der Waals surface area (Å²) in [6.45, 7) is 0. The van der Waals surface area contributed by atoms with Crippen LogP contribution >= 0.6 is 7.82 Å². The zero-order chi connectivity index (χ0) is 19.1. The van der Waals surface area contributed by atoms with Crippen LogP contribution in [0.3, 0.4) is 0 Å². The highest BCUT2D eigenvalue weighted by molar-refractivity contribution is 7.46. The third-order valence-electron chi connectivity index (χ3n) is 3.77. The number of phenolic OH excluding ortho intramolecular Hbond substituents is 2. The molecule has 0 aliphatic carbocycles. The van der Waals surface area contributed by atoms with Crippen molar-refractivity contribution < 1.29 is 43.4 Å². The first-order valence-electron chi connectivity index (χ1n) is 7.37. The number of ketones is 1. The van der Waals surface area contributed by atoms with Crippen molar-refractivity contribution in [1.29, 1.82) is 0 Å². The molecule has 9 nitrogen and oxygen atoms in total. The number of hydrogen-bond donors (Lipinski definition) is 4. The van der Waals surface area contributed by atoms with Gasteiger partial charge >= 0.3 is 7.82 Å². The van der Waals surface area contributed by atoms with E-state index in [4.69, 9.17) is 19.3 Å². The molecule has 0 saturated carbocycles. The number of Topliss-reactive ketones (excluding diaryl/α,β-unsaturated/α-hetero) is 1. The molecule has 4 N–H and O–H groups in total. The Kier molecular flexibility index (Phi) is 4.53. The Morgan fingerprint density at radius 3 is 2.50 bits per heavy atom. The number of methoxy groups -OCH3 is 1. The number of benzene rings is 2. The lowest BCUT2D eigenvalue weighted by Gasteiger charge is -2.26. The topological polar surface area (TPSA) is 143 Å². The van der Waals surface area contributed by atoms with Crippen molar-refractivity contribution >= 4 is 13.6 Å². The smallest absolute Gasteiger partial charge is 0.507 e. The number of rotatable bonds is 4. The van der Waals surface area contributed by atoms with Gasteiger partial charge in [-0.3, -0.25) is 14.6 Å². The lowest BCUT2D eigenvalue weighted by Crippen LogP contribution is -2.20. The number of carbonyl (C=O) groups is 1. The molecule has 1 atom stereocenters. The minimum absolute atomic E-state index is 0.0787. The van der Waals surface area contributed by atoms with Gasteiger partial charge in [0.15, 0.2) is 17.3 Å². The van der Waals surface area contributed by atoms with Crippen molar-refractivity contribution in [2.24, 2.45) is 0 Å². The van der Waals surface area contributed by atoms with Crippen LogP contribution < -0.4 is 14.0 Å². The number of ether oxygens (including phenoxy) is 2. The van der Waals surface area contributed by atoms with Crippen LogP contribution in [0.4, 0.5) is 0 Å². The van der Waals surface area contributed by atoms with Gasteiger partial charge in [0.2, 0.25) is 0 Å². The van der Waals surface area contributed by atoms with Crippen LogP contribution in [-0.4, -0.2) is 32.9 Å². The second-order valence-electron chi connectivity index (χ2n) is 5.56. The summed E-state index contributed by atoms with van der Waals surface area (Å²) in [6.07, 6.45) is -0.859. The van der Waals surface area contributed by atoms with Gasteiger partial charge in [0, 0.05) is 12.1 Å². The Labute approximate surface area is 147 Å². The molecule has 0 aromatic heterocycles. The van der Waals surface area contributed by atoms with E-state index in [9.17, 15) is 19.6 Å². The van der Waals surface area contributed by atoms with Gasteiger partial charge in [-0.15, -0.1) is 0 Å². The van der Waals surface area contributed by atoms with Crippen LogP contribution in [0.1, 0.15) is 28.4 Å². The quantitative estimate of drug-likeness (QED) is 0.586. The first-order valence-corrected chi connectivity index (χ1v) is 8.90. The summed E-state index contributed by atoms with van der Waals surface area (Å²) in [6, 6.07) is 6.55. The molecule has 1 aliphatic heterocycles. The summed E-state index contributed by atoms with van der Waals surface area (Å²) in [5, 5.41) is 19.9. The first kappa shape index (κ1) is 18.1. The maximum absolute atomic E-state index is 12.4. The number of phenols is 2. The Balaban J connectivity index is 1.97. The lowest BCUT2D eigenvalue weighted by molar-refractivity contribution is 0.0844. The zero-order valence-corrected chi connectivity index (χ0v) is 14.3. The summed E-state index contributed by atoms with van der Waals surface area (Å²) in [5.41, 5.74) is 0.389. The van der Waals surface area contributed by atoms with Gasteiger partial charge < -0.3 is 24.2 Å². The third kappa shape index (κ3) is 3.60. The van der Waals surface area contributed by atoms with Gasteiger partial charge in [-0.1, -0.05) is 6.07 Å². The molecule has 1 aliphatic rings.